The van der Waals surface area contributed by atoms with Crippen LogP contribution in [0.5, 0.6) is 0 Å². The topological polar surface area (TPSA) is 72.6 Å². The molecule has 5 nitrogen and oxygen atoms in total. The second-order valence-electron chi connectivity index (χ2n) is 6.97. The number of benzene rings is 2. The van der Waals surface area contributed by atoms with Crippen LogP contribution in [0.3, 0.4) is 0 Å². The van der Waals surface area contributed by atoms with Gasteiger partial charge in [0.05, 0.1) is 0 Å². The van der Waals surface area contributed by atoms with E-state index in [4.69, 9.17) is 10.5 Å². The van der Waals surface area contributed by atoms with Gasteiger partial charge in [0.2, 0.25) is 5.91 Å². The summed E-state index contributed by atoms with van der Waals surface area (Å²) >= 11 is 0. The molecule has 4 rings (SSSR count). The van der Waals surface area contributed by atoms with E-state index in [2.05, 4.69) is 24.3 Å². The molecule has 2 N–H and O–H groups in total. The number of ether oxygens (including phenoxy) is 1. The zero-order chi connectivity index (χ0) is 18.1. The second kappa shape index (κ2) is 6.83. The van der Waals surface area contributed by atoms with Crippen molar-refractivity contribution in [1.29, 1.82) is 0 Å². The van der Waals surface area contributed by atoms with Crippen LogP contribution in [-0.2, 0) is 9.53 Å². The maximum atomic E-state index is 12.4. The van der Waals surface area contributed by atoms with Crippen LogP contribution in [0.2, 0.25) is 0 Å². The molecule has 0 unspecified atom stereocenters. The maximum Gasteiger partial charge on any atom is 0.409 e. The van der Waals surface area contributed by atoms with Gasteiger partial charge in [-0.3, -0.25) is 4.79 Å². The highest BCUT2D eigenvalue weighted by atomic mass is 16.6. The summed E-state index contributed by atoms with van der Waals surface area (Å²) in [5.74, 6) is -0.348. The van der Waals surface area contributed by atoms with Gasteiger partial charge >= 0.3 is 6.09 Å². The number of rotatable bonds is 3. The van der Waals surface area contributed by atoms with E-state index in [1.807, 2.05) is 24.3 Å². The smallest absolute Gasteiger partial charge is 0.409 e. The molecule has 2 aromatic carbocycles. The largest absolute Gasteiger partial charge is 0.448 e. The van der Waals surface area contributed by atoms with Gasteiger partial charge in [-0.1, -0.05) is 48.5 Å². The summed E-state index contributed by atoms with van der Waals surface area (Å²) < 4.78 is 5.65. The Labute approximate surface area is 152 Å². The lowest BCUT2D eigenvalue weighted by molar-refractivity contribution is -0.123. The molecule has 0 radical (unpaired) electrons. The lowest BCUT2D eigenvalue weighted by Crippen LogP contribution is -2.42. The molecule has 2 amide bonds. The van der Waals surface area contributed by atoms with Crippen LogP contribution in [0.15, 0.2) is 48.5 Å². The molecule has 1 aliphatic carbocycles. The molecule has 0 atom stereocenters. The first-order chi connectivity index (χ1) is 12.6. The normalized spacial score (nSPS) is 16.8. The Balaban J connectivity index is 1.44. The Morgan fingerprint density at radius 2 is 1.50 bits per heavy atom. The highest BCUT2D eigenvalue weighted by molar-refractivity contribution is 5.79. The molecule has 26 heavy (non-hydrogen) atoms. The highest BCUT2D eigenvalue weighted by Crippen LogP contribution is 2.44. The number of piperidine rings is 1. The van der Waals surface area contributed by atoms with Crippen LogP contribution >= 0.6 is 0 Å². The predicted molar refractivity (Wildman–Crippen MR) is 98.6 cm³/mol. The Bertz CT molecular complexity index is 795. The van der Waals surface area contributed by atoms with Gasteiger partial charge in [-0.05, 0) is 35.1 Å². The number of hydrogen-bond acceptors (Lipinski definition) is 3. The highest BCUT2D eigenvalue weighted by Gasteiger charge is 2.31. The van der Waals surface area contributed by atoms with E-state index >= 15 is 0 Å². The summed E-state index contributed by atoms with van der Waals surface area (Å²) in [6.45, 7) is 1.36. The fourth-order valence-corrected chi connectivity index (χ4v) is 4.03. The van der Waals surface area contributed by atoms with Crippen molar-refractivity contribution in [2.24, 2.45) is 11.7 Å². The van der Waals surface area contributed by atoms with Gasteiger partial charge in [0.1, 0.15) is 6.61 Å². The average Bonchev–Trinajstić information content (AvgIpc) is 3.00. The molecule has 1 fully saturated rings. The fraction of sp³-hybridized carbons (Fsp3) is 0.333. The number of carbonyl (C=O) groups excluding carboxylic acids is 2. The molecule has 1 saturated heterocycles. The Hall–Kier alpha value is -2.82. The number of nitrogens with zero attached hydrogens (tertiary/aromatic N) is 1. The van der Waals surface area contributed by atoms with Gasteiger partial charge in [-0.25, -0.2) is 4.79 Å². The monoisotopic (exact) mass is 350 g/mol. The third-order valence-corrected chi connectivity index (χ3v) is 5.49. The van der Waals surface area contributed by atoms with Gasteiger partial charge in [-0.15, -0.1) is 0 Å². The van der Waals surface area contributed by atoms with Crippen molar-refractivity contribution in [3.8, 4) is 11.1 Å². The Morgan fingerprint density at radius 1 is 0.962 bits per heavy atom. The molecule has 134 valence electrons. The fourth-order valence-electron chi connectivity index (χ4n) is 4.03. The lowest BCUT2D eigenvalue weighted by Gasteiger charge is -2.30. The zero-order valence-electron chi connectivity index (χ0n) is 14.6. The first-order valence-corrected chi connectivity index (χ1v) is 9.04. The van der Waals surface area contributed by atoms with Crippen molar-refractivity contribution in [1.82, 2.24) is 4.90 Å². The molecular formula is C21H22N2O3. The van der Waals surface area contributed by atoms with Crippen LogP contribution in [-0.4, -0.2) is 36.6 Å². The summed E-state index contributed by atoms with van der Waals surface area (Å²) in [7, 11) is 0. The minimum Gasteiger partial charge on any atom is -0.448 e. The number of nitrogens with two attached hydrogens (primary N) is 1. The maximum absolute atomic E-state index is 12.4. The lowest BCUT2D eigenvalue weighted by atomic mass is 9.96. The molecule has 0 aromatic heterocycles. The minimum atomic E-state index is -0.310. The molecule has 0 spiro atoms. The van der Waals surface area contributed by atoms with Crippen molar-refractivity contribution in [2.45, 2.75) is 18.8 Å². The molecule has 1 aliphatic heterocycles. The van der Waals surface area contributed by atoms with Crippen LogP contribution in [0, 0.1) is 5.92 Å². The summed E-state index contributed by atoms with van der Waals surface area (Å²) in [4.78, 5) is 25.4. The zero-order valence-corrected chi connectivity index (χ0v) is 14.6. The average molecular weight is 350 g/mol. The van der Waals surface area contributed by atoms with Crippen LogP contribution in [0.25, 0.3) is 11.1 Å². The van der Waals surface area contributed by atoms with Crippen molar-refractivity contribution < 1.29 is 14.3 Å². The minimum absolute atomic E-state index is 0.0644. The third-order valence-electron chi connectivity index (χ3n) is 5.49. The van der Waals surface area contributed by atoms with E-state index < -0.39 is 0 Å². The first kappa shape index (κ1) is 16.6. The predicted octanol–water partition coefficient (Wildman–Crippen LogP) is 3.13. The van der Waals surface area contributed by atoms with E-state index in [0.717, 1.165) is 0 Å². The van der Waals surface area contributed by atoms with Crippen molar-refractivity contribution in [3.63, 3.8) is 0 Å². The molecule has 0 saturated carbocycles. The Morgan fingerprint density at radius 3 is 2.04 bits per heavy atom. The molecule has 5 heteroatoms. The summed E-state index contributed by atoms with van der Waals surface area (Å²) in [6, 6.07) is 16.6. The van der Waals surface area contributed by atoms with E-state index in [9.17, 15) is 9.59 Å². The molecule has 0 bridgehead atoms. The van der Waals surface area contributed by atoms with Crippen LogP contribution in [0.1, 0.15) is 29.9 Å². The number of fused-ring (bicyclic) bond motifs is 3. The quantitative estimate of drug-likeness (QED) is 0.924. The van der Waals surface area contributed by atoms with Gasteiger partial charge in [0, 0.05) is 24.9 Å². The summed E-state index contributed by atoms with van der Waals surface area (Å²) in [6.07, 6.45) is 0.911. The SMILES string of the molecule is NC(=O)C1CCN(C(=O)OCC2c3ccccc3-c3ccccc32)CC1. The number of amides is 2. The van der Waals surface area contributed by atoms with Gasteiger partial charge in [0.25, 0.3) is 0 Å². The van der Waals surface area contributed by atoms with Gasteiger partial charge in [-0.2, -0.15) is 0 Å². The van der Waals surface area contributed by atoms with E-state index in [-0.39, 0.29) is 23.8 Å². The third kappa shape index (κ3) is 2.94. The van der Waals surface area contributed by atoms with Gasteiger partial charge in [0.15, 0.2) is 0 Å². The molecule has 2 aliphatic rings. The number of carbonyl (C=O) groups is 2. The molecular weight excluding hydrogens is 328 g/mol. The van der Waals surface area contributed by atoms with E-state index in [0.29, 0.717) is 32.5 Å². The van der Waals surface area contributed by atoms with Crippen molar-refractivity contribution >= 4 is 12.0 Å². The van der Waals surface area contributed by atoms with E-state index in [1.54, 1.807) is 4.90 Å². The molecule has 2 aromatic rings. The van der Waals surface area contributed by atoms with Gasteiger partial charge < -0.3 is 15.4 Å². The summed E-state index contributed by atoms with van der Waals surface area (Å²) in [5, 5.41) is 0. The standard InChI is InChI=1S/C21H22N2O3/c22-20(24)14-9-11-23(12-10-14)21(25)26-13-19-17-7-3-1-5-15(17)16-6-2-4-8-18(16)19/h1-8,14,19H,9-13H2,(H2,22,24). The van der Waals surface area contributed by atoms with Crippen molar-refractivity contribution in [2.75, 3.05) is 19.7 Å². The number of primary amides is 1. The van der Waals surface area contributed by atoms with E-state index in [1.165, 1.54) is 22.3 Å². The van der Waals surface area contributed by atoms with Crippen LogP contribution < -0.4 is 5.73 Å². The molecule has 1 heterocycles. The number of likely N-dealkylation sites (tertiary alicyclic amines) is 1. The Kier molecular flexibility index (Phi) is 4.37. The summed E-state index contributed by atoms with van der Waals surface area (Å²) in [5.41, 5.74) is 10.2. The van der Waals surface area contributed by atoms with Crippen LogP contribution in [0.4, 0.5) is 4.79 Å². The first-order valence-electron chi connectivity index (χ1n) is 9.04. The number of hydrogen-bond donors (Lipinski definition) is 1. The van der Waals surface area contributed by atoms with Crippen molar-refractivity contribution in [3.05, 3.63) is 59.7 Å². The second-order valence-corrected chi connectivity index (χ2v) is 6.97.